The van der Waals surface area contributed by atoms with Crippen molar-refractivity contribution in [2.45, 2.75) is 17.8 Å². The summed E-state index contributed by atoms with van der Waals surface area (Å²) >= 11 is 3.00. The highest BCUT2D eigenvalue weighted by Gasteiger charge is 2.08. The molecule has 2 aromatic heterocycles. The van der Waals surface area contributed by atoms with Gasteiger partial charge in [-0.2, -0.15) is 5.10 Å². The zero-order valence-electron chi connectivity index (χ0n) is 14.5. The van der Waals surface area contributed by atoms with E-state index >= 15 is 0 Å². The molecule has 27 heavy (non-hydrogen) atoms. The summed E-state index contributed by atoms with van der Waals surface area (Å²) in [4.78, 5) is 16.6. The average molecular weight is 397 g/mol. The number of nitrogens with one attached hydrogen (secondary N) is 1. The first-order chi connectivity index (χ1) is 13.2. The Labute approximate surface area is 163 Å². The van der Waals surface area contributed by atoms with Gasteiger partial charge in [0.1, 0.15) is 5.52 Å². The quantitative estimate of drug-likeness (QED) is 0.307. The first-order valence-electron chi connectivity index (χ1n) is 8.27. The van der Waals surface area contributed by atoms with E-state index in [1.54, 1.807) is 16.0 Å². The van der Waals surface area contributed by atoms with Gasteiger partial charge in [0, 0.05) is 0 Å². The van der Waals surface area contributed by atoms with Crippen molar-refractivity contribution in [1.29, 1.82) is 0 Å². The van der Waals surface area contributed by atoms with Gasteiger partial charge >= 0.3 is 0 Å². The third-order valence-corrected chi connectivity index (χ3v) is 5.95. The van der Waals surface area contributed by atoms with Gasteiger partial charge in [0.2, 0.25) is 0 Å². The smallest absolute Gasteiger partial charge is 0.250 e. The van der Waals surface area contributed by atoms with E-state index in [1.165, 1.54) is 11.8 Å². The number of para-hydroxylation sites is 2. The minimum atomic E-state index is -0.165. The molecular weight excluding hydrogens is 380 g/mol. The van der Waals surface area contributed by atoms with Crippen molar-refractivity contribution in [2.75, 3.05) is 5.75 Å². The van der Waals surface area contributed by atoms with E-state index in [9.17, 15) is 4.79 Å². The molecule has 0 aliphatic carbocycles. The summed E-state index contributed by atoms with van der Waals surface area (Å²) in [5.41, 5.74) is 6.06. The molecule has 136 valence electrons. The zero-order valence-corrected chi connectivity index (χ0v) is 16.1. The minimum absolute atomic E-state index is 0.165. The maximum atomic E-state index is 12.1. The number of hydrogen-bond donors (Lipinski definition) is 1. The number of carbonyl (C=O) groups excluding carboxylic acids is 1. The highest BCUT2D eigenvalue weighted by Crippen LogP contribution is 2.28. The van der Waals surface area contributed by atoms with E-state index in [0.717, 1.165) is 31.3 Å². The van der Waals surface area contributed by atoms with E-state index in [-0.39, 0.29) is 11.7 Å². The SMILES string of the molecule is C/C(Cn1nnc2ccccc21)=N/NC(=O)CSc1nc2ccccc2s1. The lowest BCUT2D eigenvalue weighted by Gasteiger charge is -2.03. The third kappa shape index (κ3) is 4.15. The van der Waals surface area contributed by atoms with Crippen LogP contribution in [0.5, 0.6) is 0 Å². The Hall–Kier alpha value is -2.78. The van der Waals surface area contributed by atoms with Crippen molar-refractivity contribution in [3.05, 3.63) is 48.5 Å². The summed E-state index contributed by atoms with van der Waals surface area (Å²) in [7, 11) is 0. The van der Waals surface area contributed by atoms with Crippen LogP contribution in [-0.4, -0.2) is 37.3 Å². The predicted octanol–water partition coefficient (Wildman–Crippen LogP) is 3.33. The molecule has 1 amide bonds. The van der Waals surface area contributed by atoms with Crippen molar-refractivity contribution in [2.24, 2.45) is 5.10 Å². The van der Waals surface area contributed by atoms with Gasteiger partial charge in [-0.1, -0.05) is 41.2 Å². The first-order valence-corrected chi connectivity index (χ1v) is 10.1. The molecule has 1 N–H and O–H groups in total. The van der Waals surface area contributed by atoms with Crippen molar-refractivity contribution in [3.8, 4) is 0 Å². The lowest BCUT2D eigenvalue weighted by atomic mass is 10.3. The maximum absolute atomic E-state index is 12.1. The fourth-order valence-electron chi connectivity index (χ4n) is 2.52. The van der Waals surface area contributed by atoms with Gasteiger partial charge < -0.3 is 0 Å². The van der Waals surface area contributed by atoms with Gasteiger partial charge in [-0.05, 0) is 31.2 Å². The van der Waals surface area contributed by atoms with E-state index in [2.05, 4.69) is 25.8 Å². The van der Waals surface area contributed by atoms with Crippen LogP contribution in [0.3, 0.4) is 0 Å². The molecule has 0 saturated heterocycles. The number of nitrogens with zero attached hydrogens (tertiary/aromatic N) is 5. The van der Waals surface area contributed by atoms with E-state index in [4.69, 9.17) is 0 Å². The second kappa shape index (κ2) is 7.85. The van der Waals surface area contributed by atoms with Crippen LogP contribution in [0.2, 0.25) is 0 Å². The van der Waals surface area contributed by atoms with E-state index in [0.29, 0.717) is 6.54 Å². The largest absolute Gasteiger partial charge is 0.272 e. The normalized spacial score (nSPS) is 12.0. The summed E-state index contributed by atoms with van der Waals surface area (Å²) in [5.74, 6) is 0.102. The molecule has 2 aromatic carbocycles. The fraction of sp³-hybridized carbons (Fsp3) is 0.167. The third-order valence-electron chi connectivity index (χ3n) is 3.77. The van der Waals surface area contributed by atoms with Crippen LogP contribution >= 0.6 is 23.1 Å². The molecule has 0 bridgehead atoms. The highest BCUT2D eigenvalue weighted by molar-refractivity contribution is 8.01. The molecular formula is C18H16N6OS2. The molecule has 2 heterocycles. The van der Waals surface area contributed by atoms with Crippen LogP contribution in [0.4, 0.5) is 0 Å². The monoisotopic (exact) mass is 396 g/mol. The number of benzene rings is 2. The Kier molecular flexibility index (Phi) is 5.12. The van der Waals surface area contributed by atoms with E-state index in [1.807, 2.05) is 55.5 Å². The maximum Gasteiger partial charge on any atom is 0.250 e. The van der Waals surface area contributed by atoms with Crippen LogP contribution in [0.1, 0.15) is 6.92 Å². The summed E-state index contributed by atoms with van der Waals surface area (Å²) in [6.45, 7) is 2.31. The molecule has 9 heteroatoms. The van der Waals surface area contributed by atoms with Gasteiger partial charge in [-0.3, -0.25) is 4.79 Å². The Bertz CT molecular complexity index is 1100. The molecule has 0 atom stereocenters. The Balaban J connectivity index is 1.32. The highest BCUT2D eigenvalue weighted by atomic mass is 32.2. The number of fused-ring (bicyclic) bond motifs is 2. The molecule has 4 rings (SSSR count). The van der Waals surface area contributed by atoms with Crippen LogP contribution < -0.4 is 5.43 Å². The molecule has 0 saturated carbocycles. The van der Waals surface area contributed by atoms with Gasteiger partial charge in [0.05, 0.1) is 33.7 Å². The lowest BCUT2D eigenvalue weighted by Crippen LogP contribution is -2.22. The number of carbonyl (C=O) groups is 1. The van der Waals surface area contributed by atoms with Gasteiger partial charge in [0.25, 0.3) is 5.91 Å². The van der Waals surface area contributed by atoms with Crippen LogP contribution in [-0.2, 0) is 11.3 Å². The second-order valence-corrected chi connectivity index (χ2v) is 8.11. The van der Waals surface area contributed by atoms with Crippen molar-refractivity contribution in [1.82, 2.24) is 25.4 Å². The Morgan fingerprint density at radius 1 is 1.19 bits per heavy atom. The minimum Gasteiger partial charge on any atom is -0.272 e. The number of thioether (sulfide) groups is 1. The van der Waals surface area contributed by atoms with Gasteiger partial charge in [-0.15, -0.1) is 16.4 Å². The standard InChI is InChI=1S/C18H16N6OS2/c1-12(10-24-15-8-4-2-6-13(15)21-23-24)20-22-17(25)11-26-18-19-14-7-3-5-9-16(14)27-18/h2-9H,10-11H2,1H3,(H,22,25)/b20-12-. The number of aromatic nitrogens is 4. The lowest BCUT2D eigenvalue weighted by molar-refractivity contribution is -0.118. The molecule has 0 aliphatic heterocycles. The summed E-state index contributed by atoms with van der Waals surface area (Å²) in [6, 6.07) is 15.7. The Morgan fingerprint density at radius 3 is 2.81 bits per heavy atom. The van der Waals surface area contributed by atoms with Gasteiger partial charge in [0.15, 0.2) is 4.34 Å². The summed E-state index contributed by atoms with van der Waals surface area (Å²) < 4.78 is 3.76. The number of thiazole rings is 1. The average Bonchev–Trinajstić information content (AvgIpc) is 3.28. The number of hydrogen-bond acceptors (Lipinski definition) is 7. The van der Waals surface area contributed by atoms with Crippen molar-refractivity contribution < 1.29 is 4.79 Å². The molecule has 0 fully saturated rings. The van der Waals surface area contributed by atoms with E-state index < -0.39 is 0 Å². The molecule has 4 aromatic rings. The van der Waals surface area contributed by atoms with Gasteiger partial charge in [-0.25, -0.2) is 15.1 Å². The van der Waals surface area contributed by atoms with Crippen molar-refractivity contribution >= 4 is 56.0 Å². The van der Waals surface area contributed by atoms with Crippen LogP contribution in [0, 0.1) is 0 Å². The Morgan fingerprint density at radius 2 is 1.96 bits per heavy atom. The molecule has 0 aliphatic rings. The molecule has 0 unspecified atom stereocenters. The van der Waals surface area contributed by atoms with Crippen LogP contribution in [0.15, 0.2) is 58.0 Å². The molecule has 0 spiro atoms. The summed E-state index contributed by atoms with van der Waals surface area (Å²) in [6.07, 6.45) is 0. The topological polar surface area (TPSA) is 85.1 Å². The summed E-state index contributed by atoms with van der Waals surface area (Å²) in [5, 5.41) is 12.4. The first kappa shape index (κ1) is 17.6. The number of hydrazone groups is 1. The fourth-order valence-corrected chi connectivity index (χ4v) is 4.38. The number of amides is 1. The predicted molar refractivity (Wildman–Crippen MR) is 109 cm³/mol. The second-order valence-electron chi connectivity index (χ2n) is 5.85. The molecule has 7 nitrogen and oxygen atoms in total. The molecule has 0 radical (unpaired) electrons. The number of rotatable bonds is 6. The van der Waals surface area contributed by atoms with Crippen LogP contribution in [0.25, 0.3) is 21.3 Å². The zero-order chi connectivity index (χ0) is 18.6. The van der Waals surface area contributed by atoms with Crippen molar-refractivity contribution in [3.63, 3.8) is 0 Å².